The Hall–Kier alpha value is -2.20. The molecular weight excluding hydrogens is 475 g/mol. The molecule has 2 saturated heterocycles. The molecule has 10 heteroatoms. The summed E-state index contributed by atoms with van der Waals surface area (Å²) in [6.07, 6.45) is 5.46. The second-order valence-corrected chi connectivity index (χ2v) is 12.2. The van der Waals surface area contributed by atoms with Gasteiger partial charge in [0.2, 0.25) is 5.91 Å². The molecule has 2 heterocycles. The summed E-state index contributed by atoms with van der Waals surface area (Å²) in [4.78, 5) is 24.6. The van der Waals surface area contributed by atoms with Crippen LogP contribution in [0.2, 0.25) is 0 Å². The lowest BCUT2D eigenvalue weighted by molar-refractivity contribution is -0.121. The lowest BCUT2D eigenvalue weighted by Crippen LogP contribution is -2.49. The summed E-state index contributed by atoms with van der Waals surface area (Å²) in [7, 11) is -3.38. The van der Waals surface area contributed by atoms with Crippen LogP contribution in [0.25, 0.3) is 0 Å². The minimum Gasteiger partial charge on any atom is -0.490 e. The zero-order chi connectivity index (χ0) is 24.9. The Kier molecular flexibility index (Phi) is 8.31. The zero-order valence-corrected chi connectivity index (χ0v) is 20.9. The molecule has 2 aliphatic heterocycles. The molecule has 3 amide bonds. The molecule has 1 aliphatic carbocycles. The molecule has 1 aromatic carbocycles. The van der Waals surface area contributed by atoms with Gasteiger partial charge in [-0.25, -0.2) is 17.6 Å². The molecular formula is C25H35FN2O6S. The van der Waals surface area contributed by atoms with E-state index in [1.165, 1.54) is 6.07 Å². The molecule has 3 aliphatic rings. The van der Waals surface area contributed by atoms with E-state index in [1.54, 1.807) is 17.0 Å². The molecule has 35 heavy (non-hydrogen) atoms. The number of imide groups is 1. The number of amides is 3. The highest BCUT2D eigenvalue weighted by Gasteiger charge is 2.39. The number of benzene rings is 1. The molecule has 0 aromatic heterocycles. The van der Waals surface area contributed by atoms with Gasteiger partial charge in [0.25, 0.3) is 0 Å². The molecule has 1 aromatic rings. The monoisotopic (exact) mass is 510 g/mol. The largest absolute Gasteiger partial charge is 0.490 e. The maximum Gasteiger partial charge on any atom is 0.324 e. The number of halogens is 1. The average Bonchev–Trinajstić information content (AvgIpc) is 3.64. The van der Waals surface area contributed by atoms with Crippen molar-refractivity contribution >= 4 is 21.8 Å². The second-order valence-electron chi connectivity index (χ2n) is 10.0. The van der Waals surface area contributed by atoms with Gasteiger partial charge < -0.3 is 14.4 Å². The quantitative estimate of drug-likeness (QED) is 0.434. The lowest BCUT2D eigenvalue weighted by atomic mass is 9.76. The summed E-state index contributed by atoms with van der Waals surface area (Å²) in [6.45, 7) is 2.32. The Bertz CT molecular complexity index is 1020. The third kappa shape index (κ3) is 7.16. The number of hydrogen-bond donors (Lipinski definition) is 1. The van der Waals surface area contributed by atoms with E-state index in [0.717, 1.165) is 18.4 Å². The predicted octanol–water partition coefficient (Wildman–Crippen LogP) is 3.19. The molecule has 0 bridgehead atoms. The van der Waals surface area contributed by atoms with Gasteiger partial charge in [0.15, 0.2) is 21.4 Å². The first-order valence-electron chi connectivity index (χ1n) is 12.6. The number of unbranched alkanes of at least 4 members (excludes halogenated alkanes) is 2. The summed E-state index contributed by atoms with van der Waals surface area (Å²) in [5.41, 5.74) is 0.170. The number of nitrogens with one attached hydrogen (secondary N) is 1. The van der Waals surface area contributed by atoms with Crippen molar-refractivity contribution in [3.8, 4) is 5.75 Å². The SMILES string of the molecule is O=C1CCN(CCCCCS(=O)(=O)CC2(c3ccc(F)c(OCC4CC4)c3)CCOCC2)C(=O)N1. The van der Waals surface area contributed by atoms with Crippen molar-refractivity contribution in [2.75, 3.05) is 44.4 Å². The van der Waals surface area contributed by atoms with Gasteiger partial charge in [0.05, 0.1) is 18.1 Å². The fourth-order valence-corrected chi connectivity index (χ4v) is 6.91. The van der Waals surface area contributed by atoms with Crippen molar-refractivity contribution in [1.29, 1.82) is 0 Å². The fourth-order valence-electron chi connectivity index (χ4n) is 4.82. The van der Waals surface area contributed by atoms with Gasteiger partial charge in [0, 0.05) is 38.1 Å². The fraction of sp³-hybridized carbons (Fsp3) is 0.680. The van der Waals surface area contributed by atoms with E-state index in [1.807, 2.05) is 0 Å². The minimum absolute atomic E-state index is 0.00625. The molecule has 0 atom stereocenters. The van der Waals surface area contributed by atoms with Crippen molar-refractivity contribution in [1.82, 2.24) is 10.2 Å². The maximum atomic E-state index is 14.4. The predicted molar refractivity (Wildman–Crippen MR) is 129 cm³/mol. The van der Waals surface area contributed by atoms with Crippen LogP contribution in [0.4, 0.5) is 9.18 Å². The maximum absolute atomic E-state index is 14.4. The standard InChI is InChI=1S/C25H35FN2O6S/c26-21-7-6-20(16-22(21)34-17-19-4-5-19)25(9-13-33-14-10-25)18-35(31,32)15-3-1-2-11-28-12-8-23(29)27-24(28)30/h6-7,16,19H,1-5,8-15,17-18H2,(H,27,29,30). The van der Waals surface area contributed by atoms with Gasteiger partial charge in [-0.3, -0.25) is 10.1 Å². The second kappa shape index (κ2) is 11.2. The minimum atomic E-state index is -3.38. The Balaban J connectivity index is 1.33. The highest BCUT2D eigenvalue weighted by Crippen LogP contribution is 2.39. The van der Waals surface area contributed by atoms with Crippen LogP contribution in [0.15, 0.2) is 18.2 Å². The summed E-state index contributed by atoms with van der Waals surface area (Å²) in [5.74, 6) is 0.0528. The molecule has 1 saturated carbocycles. The van der Waals surface area contributed by atoms with Crippen molar-refractivity contribution in [3.63, 3.8) is 0 Å². The van der Waals surface area contributed by atoms with E-state index in [2.05, 4.69) is 5.32 Å². The average molecular weight is 511 g/mol. The molecule has 4 rings (SSSR count). The Morgan fingerprint density at radius 3 is 2.63 bits per heavy atom. The number of hydrogen-bond acceptors (Lipinski definition) is 6. The van der Waals surface area contributed by atoms with Gasteiger partial charge in [-0.15, -0.1) is 0 Å². The number of rotatable bonds is 12. The summed E-state index contributed by atoms with van der Waals surface area (Å²) in [6, 6.07) is 4.38. The summed E-state index contributed by atoms with van der Waals surface area (Å²) in [5, 5.41) is 2.29. The van der Waals surface area contributed by atoms with Crippen LogP contribution < -0.4 is 10.1 Å². The topological polar surface area (TPSA) is 102 Å². The first-order chi connectivity index (χ1) is 16.8. The van der Waals surface area contributed by atoms with Gasteiger partial charge in [-0.05, 0) is 62.1 Å². The highest BCUT2D eigenvalue weighted by atomic mass is 32.2. The van der Waals surface area contributed by atoms with Gasteiger partial charge >= 0.3 is 6.03 Å². The van der Waals surface area contributed by atoms with E-state index < -0.39 is 21.1 Å². The molecule has 1 N–H and O–H groups in total. The van der Waals surface area contributed by atoms with Crippen LogP contribution in [0, 0.1) is 11.7 Å². The summed E-state index contributed by atoms with van der Waals surface area (Å²) < 4.78 is 51.9. The first kappa shape index (κ1) is 25.9. The van der Waals surface area contributed by atoms with Crippen LogP contribution in [-0.4, -0.2) is 69.7 Å². The Morgan fingerprint density at radius 1 is 1.14 bits per heavy atom. The van der Waals surface area contributed by atoms with Crippen molar-refractivity contribution < 1.29 is 31.9 Å². The van der Waals surface area contributed by atoms with Crippen molar-refractivity contribution in [2.24, 2.45) is 5.92 Å². The van der Waals surface area contributed by atoms with Crippen LogP contribution in [0.3, 0.4) is 0 Å². The lowest BCUT2D eigenvalue weighted by Gasteiger charge is -2.37. The number of sulfone groups is 1. The van der Waals surface area contributed by atoms with Crippen LogP contribution in [-0.2, 0) is 24.8 Å². The summed E-state index contributed by atoms with van der Waals surface area (Å²) >= 11 is 0. The van der Waals surface area contributed by atoms with E-state index in [-0.39, 0.29) is 29.2 Å². The van der Waals surface area contributed by atoms with Gasteiger partial charge in [0.1, 0.15) is 0 Å². The molecule has 0 spiro atoms. The normalized spacial score (nSPS) is 20.5. The number of carbonyl (C=O) groups is 2. The number of urea groups is 1. The number of carbonyl (C=O) groups excluding carboxylic acids is 2. The number of nitrogens with zero attached hydrogens (tertiary/aromatic N) is 1. The van der Waals surface area contributed by atoms with Crippen molar-refractivity contribution in [3.05, 3.63) is 29.6 Å². The van der Waals surface area contributed by atoms with Crippen molar-refractivity contribution in [2.45, 2.75) is 56.8 Å². The molecule has 8 nitrogen and oxygen atoms in total. The third-order valence-corrected chi connectivity index (χ3v) is 9.09. The first-order valence-corrected chi connectivity index (χ1v) is 14.4. The van der Waals surface area contributed by atoms with Crippen LogP contribution >= 0.6 is 0 Å². The van der Waals surface area contributed by atoms with Crippen LogP contribution in [0.5, 0.6) is 5.75 Å². The van der Waals surface area contributed by atoms with E-state index in [0.29, 0.717) is 77.4 Å². The third-order valence-electron chi connectivity index (χ3n) is 7.19. The Morgan fingerprint density at radius 2 is 1.91 bits per heavy atom. The highest BCUT2D eigenvalue weighted by molar-refractivity contribution is 7.91. The Labute approximate surface area is 206 Å². The van der Waals surface area contributed by atoms with E-state index in [9.17, 15) is 22.4 Å². The number of ether oxygens (including phenoxy) is 2. The van der Waals surface area contributed by atoms with E-state index in [4.69, 9.17) is 9.47 Å². The smallest absolute Gasteiger partial charge is 0.324 e. The molecule has 194 valence electrons. The van der Waals surface area contributed by atoms with Gasteiger partial charge in [-0.2, -0.15) is 0 Å². The zero-order valence-electron chi connectivity index (χ0n) is 20.1. The molecule has 0 unspecified atom stereocenters. The van der Waals surface area contributed by atoms with Gasteiger partial charge in [-0.1, -0.05) is 12.5 Å². The van der Waals surface area contributed by atoms with E-state index >= 15 is 0 Å². The van der Waals surface area contributed by atoms with Crippen LogP contribution in [0.1, 0.15) is 56.9 Å². The molecule has 0 radical (unpaired) electrons. The molecule has 3 fully saturated rings.